The third-order valence-corrected chi connectivity index (χ3v) is 3.42. The average Bonchev–Trinajstić information content (AvgIpc) is 3.18. The number of aromatic nitrogens is 1. The van der Waals surface area contributed by atoms with Crippen LogP contribution in [0.25, 0.3) is 0 Å². The van der Waals surface area contributed by atoms with Crippen molar-refractivity contribution in [1.29, 1.82) is 0 Å². The monoisotopic (exact) mass is 422 g/mol. The third kappa shape index (κ3) is 7.46. The Balaban J connectivity index is 0.00000242. The predicted molar refractivity (Wildman–Crippen MR) is 99.0 cm³/mol. The Labute approximate surface area is 149 Å². The molecule has 0 radical (unpaired) electrons. The molecule has 6 nitrogen and oxygen atoms in total. The number of nitrogens with zero attached hydrogens (tertiary/aromatic N) is 2. The summed E-state index contributed by atoms with van der Waals surface area (Å²) in [4.78, 5) is 4.19. The maximum Gasteiger partial charge on any atom is 0.191 e. The van der Waals surface area contributed by atoms with Crippen molar-refractivity contribution in [3.63, 3.8) is 0 Å². The quantitative estimate of drug-likeness (QED) is 0.288. The van der Waals surface area contributed by atoms with E-state index in [4.69, 9.17) is 9.47 Å². The molecule has 0 bridgehead atoms. The number of nitrogens with one attached hydrogen (secondary N) is 2. The molecule has 0 aliphatic carbocycles. The average molecular weight is 422 g/mol. The summed E-state index contributed by atoms with van der Waals surface area (Å²) < 4.78 is 13.2. The van der Waals surface area contributed by atoms with Gasteiger partial charge in [0, 0.05) is 45.7 Å². The highest BCUT2D eigenvalue weighted by molar-refractivity contribution is 14.0. The molecule has 2 heterocycles. The van der Waals surface area contributed by atoms with Crippen molar-refractivity contribution < 1.29 is 9.47 Å². The lowest BCUT2D eigenvalue weighted by molar-refractivity contribution is 0.0191. The van der Waals surface area contributed by atoms with Crippen LogP contribution in [0.5, 0.6) is 0 Å². The van der Waals surface area contributed by atoms with E-state index >= 15 is 0 Å². The van der Waals surface area contributed by atoms with Crippen LogP contribution >= 0.6 is 24.0 Å². The summed E-state index contributed by atoms with van der Waals surface area (Å²) in [6.45, 7) is 4.74. The predicted octanol–water partition coefficient (Wildman–Crippen LogP) is 1.47. The van der Waals surface area contributed by atoms with Crippen LogP contribution in [0.2, 0.25) is 0 Å². The van der Waals surface area contributed by atoms with Gasteiger partial charge in [-0.1, -0.05) is 0 Å². The molecular formula is C15H27IN4O2. The molecule has 0 saturated carbocycles. The zero-order valence-electron chi connectivity index (χ0n) is 13.2. The van der Waals surface area contributed by atoms with E-state index in [9.17, 15) is 0 Å². The first-order chi connectivity index (χ1) is 10.4. The fraction of sp³-hybridized carbons (Fsp3) is 0.667. The van der Waals surface area contributed by atoms with Crippen molar-refractivity contribution in [2.75, 3.05) is 40.0 Å². The van der Waals surface area contributed by atoms with Gasteiger partial charge in [0.15, 0.2) is 5.96 Å². The molecule has 2 N–H and O–H groups in total. The first-order valence-corrected chi connectivity index (χ1v) is 7.63. The summed E-state index contributed by atoms with van der Waals surface area (Å²) in [7, 11) is 1.78. The molecule has 1 aromatic rings. The van der Waals surface area contributed by atoms with Crippen LogP contribution in [0, 0.1) is 0 Å². The summed E-state index contributed by atoms with van der Waals surface area (Å²) in [5.74, 6) is 0.808. The van der Waals surface area contributed by atoms with Crippen molar-refractivity contribution in [1.82, 2.24) is 15.2 Å². The molecule has 2 rings (SSSR count). The van der Waals surface area contributed by atoms with Crippen molar-refractivity contribution >= 4 is 29.9 Å². The smallest absolute Gasteiger partial charge is 0.191 e. The van der Waals surface area contributed by atoms with Crippen LogP contribution < -0.4 is 10.6 Å². The Morgan fingerprint density at radius 3 is 2.77 bits per heavy atom. The molecule has 22 heavy (non-hydrogen) atoms. The van der Waals surface area contributed by atoms with Crippen molar-refractivity contribution in [3.8, 4) is 0 Å². The number of halogens is 1. The fourth-order valence-electron chi connectivity index (χ4n) is 2.28. The topological polar surface area (TPSA) is 59.8 Å². The van der Waals surface area contributed by atoms with Gasteiger partial charge in [0.05, 0.1) is 19.3 Å². The summed E-state index contributed by atoms with van der Waals surface area (Å²) >= 11 is 0. The Bertz CT molecular complexity index is 406. The van der Waals surface area contributed by atoms with Crippen LogP contribution in [-0.4, -0.2) is 56.6 Å². The van der Waals surface area contributed by atoms with Crippen molar-refractivity contribution in [2.45, 2.75) is 25.5 Å². The normalized spacial score (nSPS) is 18.0. The van der Waals surface area contributed by atoms with Crippen LogP contribution in [0.3, 0.4) is 0 Å². The first-order valence-electron chi connectivity index (χ1n) is 7.63. The minimum atomic E-state index is 0. The summed E-state index contributed by atoms with van der Waals surface area (Å²) in [6, 6.07) is 4.05. The second-order valence-electron chi connectivity index (χ2n) is 5.06. The number of hydrogen-bond donors (Lipinski definition) is 2. The van der Waals surface area contributed by atoms with Gasteiger partial charge in [-0.15, -0.1) is 24.0 Å². The maximum atomic E-state index is 5.60. The lowest BCUT2D eigenvalue weighted by atomic mass is 10.2. The Hall–Kier alpha value is -0.800. The number of aliphatic imine (C=N–C) groups is 1. The van der Waals surface area contributed by atoms with Gasteiger partial charge in [-0.3, -0.25) is 4.99 Å². The maximum absolute atomic E-state index is 5.60. The van der Waals surface area contributed by atoms with Crippen molar-refractivity contribution in [3.05, 3.63) is 24.5 Å². The van der Waals surface area contributed by atoms with E-state index in [2.05, 4.69) is 32.6 Å². The van der Waals surface area contributed by atoms with Gasteiger partial charge in [-0.05, 0) is 25.0 Å². The zero-order valence-corrected chi connectivity index (χ0v) is 15.5. The van der Waals surface area contributed by atoms with E-state index in [1.165, 1.54) is 0 Å². The molecule has 7 heteroatoms. The van der Waals surface area contributed by atoms with Crippen molar-refractivity contribution in [2.24, 2.45) is 4.99 Å². The van der Waals surface area contributed by atoms with E-state index < -0.39 is 0 Å². The fourth-order valence-corrected chi connectivity index (χ4v) is 2.28. The highest BCUT2D eigenvalue weighted by Crippen LogP contribution is 2.11. The Morgan fingerprint density at radius 1 is 1.32 bits per heavy atom. The summed E-state index contributed by atoms with van der Waals surface area (Å²) in [5.41, 5.74) is 0. The molecule has 1 atom stereocenters. The largest absolute Gasteiger partial charge is 0.377 e. The van der Waals surface area contributed by atoms with Gasteiger partial charge in [0.2, 0.25) is 0 Å². The second kappa shape index (κ2) is 11.7. The summed E-state index contributed by atoms with van der Waals surface area (Å²) in [6.07, 6.45) is 6.68. The molecule has 1 fully saturated rings. The number of guanidine groups is 1. The van der Waals surface area contributed by atoms with Gasteiger partial charge in [0.25, 0.3) is 0 Å². The standard InChI is InChI=1S/C15H26N4O2.HI/c1-16-15(17-6-10-19-8-2-3-9-19)18-7-12-20-13-14-5-4-11-21-14;/h2-3,8-9,14H,4-7,10-13H2,1H3,(H2,16,17,18);1H. The van der Waals surface area contributed by atoms with Crippen LogP contribution in [0.15, 0.2) is 29.5 Å². The highest BCUT2D eigenvalue weighted by Gasteiger charge is 2.14. The molecule has 1 aliphatic rings. The first kappa shape index (κ1) is 19.2. The molecule has 0 amide bonds. The third-order valence-electron chi connectivity index (χ3n) is 3.42. The molecular weight excluding hydrogens is 395 g/mol. The van der Waals surface area contributed by atoms with E-state index in [0.717, 1.165) is 45.0 Å². The second-order valence-corrected chi connectivity index (χ2v) is 5.06. The minimum Gasteiger partial charge on any atom is -0.377 e. The molecule has 1 unspecified atom stereocenters. The Kier molecular flexibility index (Phi) is 10.3. The van der Waals surface area contributed by atoms with Crippen LogP contribution in [-0.2, 0) is 16.0 Å². The zero-order chi connectivity index (χ0) is 14.8. The number of rotatable bonds is 8. The molecule has 1 aromatic heterocycles. The van der Waals surface area contributed by atoms with Gasteiger partial charge < -0.3 is 24.7 Å². The summed E-state index contributed by atoms with van der Waals surface area (Å²) in [5, 5.41) is 6.52. The van der Waals surface area contributed by atoms with Crippen LogP contribution in [0.4, 0.5) is 0 Å². The molecule has 1 saturated heterocycles. The molecule has 1 aliphatic heterocycles. The van der Waals surface area contributed by atoms with E-state index in [0.29, 0.717) is 19.3 Å². The SMILES string of the molecule is CN=C(NCCOCC1CCCO1)NCCn1cccc1.I. The lowest BCUT2D eigenvalue weighted by Crippen LogP contribution is -2.40. The van der Waals surface area contributed by atoms with E-state index in [1.54, 1.807) is 7.05 Å². The van der Waals surface area contributed by atoms with Gasteiger partial charge in [0.1, 0.15) is 0 Å². The van der Waals surface area contributed by atoms with E-state index in [1.807, 2.05) is 12.1 Å². The van der Waals surface area contributed by atoms with Gasteiger partial charge in [-0.2, -0.15) is 0 Å². The Morgan fingerprint density at radius 2 is 2.09 bits per heavy atom. The van der Waals surface area contributed by atoms with Crippen LogP contribution in [0.1, 0.15) is 12.8 Å². The molecule has 0 spiro atoms. The highest BCUT2D eigenvalue weighted by atomic mass is 127. The van der Waals surface area contributed by atoms with Gasteiger partial charge in [-0.25, -0.2) is 0 Å². The molecule has 126 valence electrons. The lowest BCUT2D eigenvalue weighted by Gasteiger charge is -2.13. The number of ether oxygens (including phenoxy) is 2. The minimum absolute atomic E-state index is 0. The molecule has 0 aromatic carbocycles. The number of hydrogen-bond acceptors (Lipinski definition) is 3. The van der Waals surface area contributed by atoms with E-state index in [-0.39, 0.29) is 24.0 Å². The van der Waals surface area contributed by atoms with Gasteiger partial charge >= 0.3 is 0 Å².